The van der Waals surface area contributed by atoms with Gasteiger partial charge in [-0.15, -0.1) is 0 Å². The summed E-state index contributed by atoms with van der Waals surface area (Å²) in [7, 11) is 0. The minimum atomic E-state index is -0.631. The normalized spacial score (nSPS) is 27.7. The Morgan fingerprint density at radius 2 is 1.94 bits per heavy atom. The average Bonchev–Trinajstić information content (AvgIpc) is 3.40. The van der Waals surface area contributed by atoms with E-state index in [2.05, 4.69) is 33.9 Å². The van der Waals surface area contributed by atoms with Crippen molar-refractivity contribution in [3.63, 3.8) is 0 Å². The van der Waals surface area contributed by atoms with Crippen LogP contribution in [0.4, 0.5) is 14.8 Å². The first kappa shape index (κ1) is 20.7. The maximum absolute atomic E-state index is 14.5. The van der Waals surface area contributed by atoms with E-state index >= 15 is 0 Å². The largest absolute Gasteiger partial charge is 0.432 e. The van der Waals surface area contributed by atoms with Crippen molar-refractivity contribution in [1.29, 1.82) is 0 Å². The van der Waals surface area contributed by atoms with Crippen LogP contribution in [0.25, 0.3) is 11.3 Å². The molecule has 3 aliphatic rings. The Kier molecular flexibility index (Phi) is 4.43. The molecule has 1 unspecified atom stereocenters. The van der Waals surface area contributed by atoms with E-state index in [4.69, 9.17) is 9.15 Å². The summed E-state index contributed by atoms with van der Waals surface area (Å²) >= 11 is 0. The van der Waals surface area contributed by atoms with Crippen LogP contribution in [0.5, 0.6) is 0 Å². The van der Waals surface area contributed by atoms with Gasteiger partial charge in [-0.05, 0) is 54.9 Å². The second kappa shape index (κ2) is 7.06. The minimum absolute atomic E-state index is 0.120. The third-order valence-corrected chi connectivity index (χ3v) is 8.18. The van der Waals surface area contributed by atoms with E-state index in [-0.39, 0.29) is 34.1 Å². The molecule has 3 aromatic rings. The molecule has 172 valence electrons. The fourth-order valence-electron chi connectivity index (χ4n) is 6.55. The number of benzene rings is 1. The fourth-order valence-corrected chi connectivity index (χ4v) is 6.55. The number of hydrogen-bond donors (Lipinski definition) is 0. The van der Waals surface area contributed by atoms with Gasteiger partial charge in [-0.3, -0.25) is 0 Å². The quantitative estimate of drug-likeness (QED) is 0.570. The SMILES string of the molecule is Cc1coc(N2CCO[C@@H](C34CC[C@@H](c5cc(-c6c(F)cccc6F)nnc53)C4(C)C)C2)n1. The summed E-state index contributed by atoms with van der Waals surface area (Å²) in [5.41, 5.74) is 2.42. The molecule has 0 N–H and O–H groups in total. The fraction of sp³-hybridized carbons (Fsp3) is 0.480. The molecule has 1 aromatic carbocycles. The number of halogens is 2. The highest BCUT2D eigenvalue weighted by Crippen LogP contribution is 2.69. The van der Waals surface area contributed by atoms with Gasteiger partial charge < -0.3 is 14.1 Å². The van der Waals surface area contributed by atoms with Gasteiger partial charge in [0.15, 0.2) is 0 Å². The summed E-state index contributed by atoms with van der Waals surface area (Å²) in [6, 6.07) is 6.31. The molecule has 0 spiro atoms. The van der Waals surface area contributed by atoms with Crippen molar-refractivity contribution < 1.29 is 17.9 Å². The summed E-state index contributed by atoms with van der Waals surface area (Å²) in [5.74, 6) is -1.04. The topological polar surface area (TPSA) is 64.3 Å². The standard InChI is InChI=1S/C25H26F2N4O2/c1-14-13-33-23(28-14)31-9-10-32-20(12-31)25-8-7-16(24(25,2)3)15-11-19(29-30-22(15)25)21-17(26)5-4-6-18(21)27/h4-6,11,13,16,20H,7-10,12H2,1-3H3/t16-,20+,25?/m0/s1. The smallest absolute Gasteiger partial charge is 0.297 e. The van der Waals surface area contributed by atoms with E-state index in [0.717, 1.165) is 29.8 Å². The zero-order valence-electron chi connectivity index (χ0n) is 18.9. The molecule has 0 radical (unpaired) electrons. The summed E-state index contributed by atoms with van der Waals surface area (Å²) in [6.07, 6.45) is 3.45. The Morgan fingerprint density at radius 1 is 1.15 bits per heavy atom. The molecule has 3 heterocycles. The van der Waals surface area contributed by atoms with Crippen LogP contribution in [0, 0.1) is 24.0 Å². The van der Waals surface area contributed by atoms with Gasteiger partial charge in [-0.25, -0.2) is 8.78 Å². The summed E-state index contributed by atoms with van der Waals surface area (Å²) < 4.78 is 41.0. The Hall–Kier alpha value is -2.87. The first-order chi connectivity index (χ1) is 15.8. The van der Waals surface area contributed by atoms with Gasteiger partial charge in [0.25, 0.3) is 6.01 Å². The summed E-state index contributed by atoms with van der Waals surface area (Å²) in [4.78, 5) is 6.63. The van der Waals surface area contributed by atoms with Crippen molar-refractivity contribution in [2.75, 3.05) is 24.6 Å². The van der Waals surface area contributed by atoms with Crippen molar-refractivity contribution in [3.05, 3.63) is 59.1 Å². The number of ether oxygens (including phenoxy) is 1. The third-order valence-electron chi connectivity index (χ3n) is 8.18. The van der Waals surface area contributed by atoms with Crippen molar-refractivity contribution in [2.24, 2.45) is 5.41 Å². The Bertz CT molecular complexity index is 1220. The van der Waals surface area contributed by atoms with Gasteiger partial charge in [0.1, 0.15) is 17.9 Å². The number of anilines is 1. The van der Waals surface area contributed by atoms with Crippen LogP contribution in [0.2, 0.25) is 0 Å². The highest BCUT2D eigenvalue weighted by atomic mass is 19.1. The number of morpholine rings is 1. The van der Waals surface area contributed by atoms with Crippen LogP contribution >= 0.6 is 0 Å². The van der Waals surface area contributed by atoms with Crippen molar-refractivity contribution >= 4 is 6.01 Å². The lowest BCUT2D eigenvalue weighted by Gasteiger charge is -2.47. The third kappa shape index (κ3) is 2.76. The Labute approximate surface area is 191 Å². The van der Waals surface area contributed by atoms with Gasteiger partial charge in [0.2, 0.25) is 0 Å². The van der Waals surface area contributed by atoms with Crippen molar-refractivity contribution in [3.8, 4) is 11.3 Å². The molecule has 1 saturated carbocycles. The molecule has 1 aliphatic heterocycles. The first-order valence-corrected chi connectivity index (χ1v) is 11.4. The van der Waals surface area contributed by atoms with E-state index in [1.54, 1.807) is 6.26 Å². The predicted octanol–water partition coefficient (Wildman–Crippen LogP) is 4.78. The molecular formula is C25H26F2N4O2. The number of rotatable bonds is 3. The van der Waals surface area contributed by atoms with Gasteiger partial charge in [0.05, 0.1) is 35.4 Å². The first-order valence-electron chi connectivity index (χ1n) is 11.4. The van der Waals surface area contributed by atoms with Crippen LogP contribution in [0.3, 0.4) is 0 Å². The second-order valence-electron chi connectivity index (χ2n) is 9.99. The van der Waals surface area contributed by atoms with Crippen LogP contribution in [-0.2, 0) is 10.2 Å². The maximum Gasteiger partial charge on any atom is 0.297 e. The lowest BCUT2D eigenvalue weighted by Crippen LogP contribution is -2.56. The zero-order valence-corrected chi connectivity index (χ0v) is 18.9. The molecule has 2 aliphatic carbocycles. The number of nitrogens with zero attached hydrogens (tertiary/aromatic N) is 4. The van der Waals surface area contributed by atoms with Crippen LogP contribution in [0.15, 0.2) is 34.9 Å². The van der Waals surface area contributed by atoms with E-state index in [0.29, 0.717) is 25.7 Å². The Balaban J connectivity index is 1.42. The van der Waals surface area contributed by atoms with Crippen molar-refractivity contribution in [1.82, 2.24) is 15.2 Å². The summed E-state index contributed by atoms with van der Waals surface area (Å²) in [6.45, 7) is 8.34. The lowest BCUT2D eigenvalue weighted by atomic mass is 9.64. The molecule has 2 fully saturated rings. The minimum Gasteiger partial charge on any atom is -0.432 e. The Morgan fingerprint density at radius 3 is 2.67 bits per heavy atom. The van der Waals surface area contributed by atoms with E-state index in [1.165, 1.54) is 18.2 Å². The number of hydrogen-bond acceptors (Lipinski definition) is 6. The molecular weight excluding hydrogens is 426 g/mol. The summed E-state index contributed by atoms with van der Waals surface area (Å²) in [5, 5.41) is 8.94. The maximum atomic E-state index is 14.5. The molecule has 6 rings (SSSR count). The monoisotopic (exact) mass is 452 g/mol. The molecule has 2 aromatic heterocycles. The molecule has 33 heavy (non-hydrogen) atoms. The van der Waals surface area contributed by atoms with E-state index in [9.17, 15) is 8.78 Å². The zero-order chi connectivity index (χ0) is 23.0. The molecule has 2 bridgehead atoms. The van der Waals surface area contributed by atoms with Crippen molar-refractivity contribution in [2.45, 2.75) is 51.0 Å². The number of oxazole rings is 1. The highest BCUT2D eigenvalue weighted by molar-refractivity contribution is 5.63. The van der Waals surface area contributed by atoms with Gasteiger partial charge >= 0.3 is 0 Å². The number of aryl methyl sites for hydroxylation is 1. The average molecular weight is 453 g/mol. The van der Waals surface area contributed by atoms with E-state index in [1.807, 2.05) is 13.0 Å². The van der Waals surface area contributed by atoms with Crippen LogP contribution in [-0.4, -0.2) is 41.0 Å². The predicted molar refractivity (Wildman–Crippen MR) is 118 cm³/mol. The molecule has 8 heteroatoms. The number of aromatic nitrogens is 3. The molecule has 0 amide bonds. The highest BCUT2D eigenvalue weighted by Gasteiger charge is 2.67. The second-order valence-corrected chi connectivity index (χ2v) is 9.99. The van der Waals surface area contributed by atoms with Gasteiger partial charge in [-0.2, -0.15) is 15.2 Å². The van der Waals surface area contributed by atoms with Crippen LogP contribution in [0.1, 0.15) is 49.6 Å². The van der Waals surface area contributed by atoms with Crippen LogP contribution < -0.4 is 4.90 Å². The van der Waals surface area contributed by atoms with Gasteiger partial charge in [0, 0.05) is 18.5 Å². The molecule has 1 saturated heterocycles. The van der Waals surface area contributed by atoms with Gasteiger partial charge in [-0.1, -0.05) is 19.9 Å². The van der Waals surface area contributed by atoms with E-state index < -0.39 is 11.6 Å². The lowest BCUT2D eigenvalue weighted by molar-refractivity contribution is -0.0475. The molecule has 3 atom stereocenters. The molecule has 6 nitrogen and oxygen atoms in total. The number of fused-ring (bicyclic) bond motifs is 5.